The summed E-state index contributed by atoms with van der Waals surface area (Å²) in [6.45, 7) is 0.136. The van der Waals surface area contributed by atoms with Gasteiger partial charge in [0.05, 0.1) is 28.3 Å². The molecule has 3 aromatic carbocycles. The van der Waals surface area contributed by atoms with Crippen molar-refractivity contribution < 1.29 is 4.79 Å². The fourth-order valence-electron chi connectivity index (χ4n) is 2.71. The number of benzene rings is 3. The SMILES string of the molecule is O=C(CNC(c1ccccc1)c1ccccc1)Nc1cccc(Cl)c1Cl. The maximum atomic E-state index is 12.4. The molecule has 0 radical (unpaired) electrons. The van der Waals surface area contributed by atoms with E-state index in [0.717, 1.165) is 11.1 Å². The Morgan fingerprint density at radius 2 is 1.38 bits per heavy atom. The van der Waals surface area contributed by atoms with E-state index in [2.05, 4.69) is 10.6 Å². The van der Waals surface area contributed by atoms with E-state index in [1.165, 1.54) is 0 Å². The van der Waals surface area contributed by atoms with Gasteiger partial charge in [0.15, 0.2) is 0 Å². The van der Waals surface area contributed by atoms with Crippen LogP contribution in [0.15, 0.2) is 78.9 Å². The zero-order valence-electron chi connectivity index (χ0n) is 14.0. The predicted molar refractivity (Wildman–Crippen MR) is 108 cm³/mol. The zero-order valence-corrected chi connectivity index (χ0v) is 15.5. The Labute approximate surface area is 163 Å². The van der Waals surface area contributed by atoms with Crippen molar-refractivity contribution in [2.24, 2.45) is 0 Å². The van der Waals surface area contributed by atoms with E-state index >= 15 is 0 Å². The topological polar surface area (TPSA) is 41.1 Å². The van der Waals surface area contributed by atoms with Gasteiger partial charge in [-0.15, -0.1) is 0 Å². The molecule has 0 fully saturated rings. The monoisotopic (exact) mass is 384 g/mol. The van der Waals surface area contributed by atoms with Crippen LogP contribution in [0.4, 0.5) is 5.69 Å². The third kappa shape index (κ3) is 4.64. The van der Waals surface area contributed by atoms with Crippen LogP contribution in [-0.4, -0.2) is 12.5 Å². The zero-order chi connectivity index (χ0) is 18.4. The highest BCUT2D eigenvalue weighted by atomic mass is 35.5. The molecule has 3 rings (SSSR count). The Bertz CT molecular complexity index is 830. The Morgan fingerprint density at radius 3 is 1.96 bits per heavy atom. The molecule has 0 aliphatic rings. The Hall–Kier alpha value is -2.33. The first kappa shape index (κ1) is 18.5. The van der Waals surface area contributed by atoms with Crippen molar-refractivity contribution in [1.82, 2.24) is 5.32 Å². The van der Waals surface area contributed by atoms with Crippen molar-refractivity contribution in [3.05, 3.63) is 100 Å². The van der Waals surface area contributed by atoms with Crippen LogP contribution in [0.2, 0.25) is 10.0 Å². The lowest BCUT2D eigenvalue weighted by molar-refractivity contribution is -0.115. The van der Waals surface area contributed by atoms with Gasteiger partial charge in [0.2, 0.25) is 5.91 Å². The average molecular weight is 385 g/mol. The van der Waals surface area contributed by atoms with Crippen molar-refractivity contribution in [1.29, 1.82) is 0 Å². The number of anilines is 1. The number of amides is 1. The van der Waals surface area contributed by atoms with Crippen molar-refractivity contribution in [2.45, 2.75) is 6.04 Å². The molecular formula is C21H18Cl2N2O. The first-order valence-electron chi connectivity index (χ1n) is 8.22. The van der Waals surface area contributed by atoms with Gasteiger partial charge in [0.25, 0.3) is 0 Å². The van der Waals surface area contributed by atoms with Gasteiger partial charge in [-0.3, -0.25) is 10.1 Å². The van der Waals surface area contributed by atoms with Gasteiger partial charge >= 0.3 is 0 Å². The molecule has 0 aliphatic heterocycles. The molecule has 26 heavy (non-hydrogen) atoms. The summed E-state index contributed by atoms with van der Waals surface area (Å²) < 4.78 is 0. The lowest BCUT2D eigenvalue weighted by atomic mass is 9.99. The average Bonchev–Trinajstić information content (AvgIpc) is 2.67. The van der Waals surface area contributed by atoms with Gasteiger partial charge in [0.1, 0.15) is 0 Å². The molecule has 0 bridgehead atoms. The third-order valence-corrected chi connectivity index (χ3v) is 4.78. The van der Waals surface area contributed by atoms with E-state index in [0.29, 0.717) is 15.7 Å². The minimum absolute atomic E-state index is 0.0852. The van der Waals surface area contributed by atoms with Crippen LogP contribution in [0.3, 0.4) is 0 Å². The molecule has 0 aromatic heterocycles. The highest BCUT2D eigenvalue weighted by Crippen LogP contribution is 2.29. The second-order valence-electron chi connectivity index (χ2n) is 5.78. The first-order valence-corrected chi connectivity index (χ1v) is 8.98. The Balaban J connectivity index is 1.72. The van der Waals surface area contributed by atoms with E-state index < -0.39 is 0 Å². The van der Waals surface area contributed by atoms with Gasteiger partial charge < -0.3 is 5.32 Å². The molecule has 5 heteroatoms. The van der Waals surface area contributed by atoms with E-state index in [1.54, 1.807) is 18.2 Å². The standard InChI is InChI=1S/C21H18Cl2N2O/c22-17-12-7-13-18(20(17)23)25-19(26)14-24-21(15-8-3-1-4-9-15)16-10-5-2-6-11-16/h1-13,21,24H,14H2,(H,25,26). The minimum atomic E-state index is -0.189. The summed E-state index contributed by atoms with van der Waals surface area (Å²) in [6.07, 6.45) is 0. The highest BCUT2D eigenvalue weighted by Gasteiger charge is 2.15. The summed E-state index contributed by atoms with van der Waals surface area (Å²) in [5.74, 6) is -0.189. The smallest absolute Gasteiger partial charge is 0.238 e. The van der Waals surface area contributed by atoms with Crippen molar-refractivity contribution >= 4 is 34.8 Å². The van der Waals surface area contributed by atoms with Crippen molar-refractivity contribution in [3.63, 3.8) is 0 Å². The number of halogens is 2. The van der Waals surface area contributed by atoms with E-state index in [-0.39, 0.29) is 18.5 Å². The summed E-state index contributed by atoms with van der Waals surface area (Å²) in [5, 5.41) is 6.85. The van der Waals surface area contributed by atoms with Gasteiger partial charge in [0, 0.05) is 0 Å². The first-order chi connectivity index (χ1) is 12.6. The molecule has 0 heterocycles. The fourth-order valence-corrected chi connectivity index (χ4v) is 3.06. The third-order valence-electron chi connectivity index (χ3n) is 3.96. The molecule has 0 unspecified atom stereocenters. The van der Waals surface area contributed by atoms with Crippen LogP contribution >= 0.6 is 23.2 Å². The van der Waals surface area contributed by atoms with E-state index in [1.807, 2.05) is 60.7 Å². The number of hydrogen-bond donors (Lipinski definition) is 2. The predicted octanol–water partition coefficient (Wildman–Crippen LogP) is 5.31. The van der Waals surface area contributed by atoms with Crippen LogP contribution in [0, 0.1) is 0 Å². The molecule has 132 valence electrons. The van der Waals surface area contributed by atoms with Crippen LogP contribution in [-0.2, 0) is 4.79 Å². The Kier molecular flexibility index (Phi) is 6.29. The van der Waals surface area contributed by atoms with E-state index in [4.69, 9.17) is 23.2 Å². The summed E-state index contributed by atoms with van der Waals surface area (Å²) in [5.41, 5.74) is 2.68. The van der Waals surface area contributed by atoms with Crippen molar-refractivity contribution in [2.75, 3.05) is 11.9 Å². The lowest BCUT2D eigenvalue weighted by Gasteiger charge is -2.20. The molecule has 0 aliphatic carbocycles. The molecule has 0 atom stereocenters. The molecular weight excluding hydrogens is 367 g/mol. The van der Waals surface area contributed by atoms with Crippen LogP contribution in [0.5, 0.6) is 0 Å². The summed E-state index contributed by atoms with van der Waals surface area (Å²) in [6, 6.07) is 25.1. The fraction of sp³-hybridized carbons (Fsp3) is 0.0952. The molecule has 2 N–H and O–H groups in total. The molecule has 3 aromatic rings. The minimum Gasteiger partial charge on any atom is -0.324 e. The van der Waals surface area contributed by atoms with Gasteiger partial charge in [-0.2, -0.15) is 0 Å². The summed E-state index contributed by atoms with van der Waals surface area (Å²) in [4.78, 5) is 12.4. The largest absolute Gasteiger partial charge is 0.324 e. The summed E-state index contributed by atoms with van der Waals surface area (Å²) in [7, 11) is 0. The molecule has 0 saturated carbocycles. The number of nitrogens with one attached hydrogen (secondary N) is 2. The quantitative estimate of drug-likeness (QED) is 0.604. The summed E-state index contributed by atoms with van der Waals surface area (Å²) >= 11 is 12.1. The maximum absolute atomic E-state index is 12.4. The second-order valence-corrected chi connectivity index (χ2v) is 6.57. The lowest BCUT2D eigenvalue weighted by Crippen LogP contribution is -2.32. The van der Waals surface area contributed by atoms with Gasteiger partial charge in [-0.25, -0.2) is 0 Å². The number of carbonyl (C=O) groups excluding carboxylic acids is 1. The molecule has 0 spiro atoms. The molecule has 3 nitrogen and oxygen atoms in total. The maximum Gasteiger partial charge on any atom is 0.238 e. The number of hydrogen-bond acceptors (Lipinski definition) is 2. The van der Waals surface area contributed by atoms with Crippen LogP contribution in [0.25, 0.3) is 0 Å². The second kappa shape index (κ2) is 8.86. The normalized spacial score (nSPS) is 10.7. The van der Waals surface area contributed by atoms with Crippen LogP contribution in [0.1, 0.15) is 17.2 Å². The Morgan fingerprint density at radius 1 is 0.808 bits per heavy atom. The van der Waals surface area contributed by atoms with Gasteiger partial charge in [-0.1, -0.05) is 89.9 Å². The van der Waals surface area contributed by atoms with Crippen LogP contribution < -0.4 is 10.6 Å². The van der Waals surface area contributed by atoms with Crippen molar-refractivity contribution in [3.8, 4) is 0 Å². The molecule has 0 saturated heterocycles. The number of rotatable bonds is 6. The molecule has 1 amide bonds. The van der Waals surface area contributed by atoms with E-state index in [9.17, 15) is 4.79 Å². The highest BCUT2D eigenvalue weighted by molar-refractivity contribution is 6.44. The number of carbonyl (C=O) groups is 1. The van der Waals surface area contributed by atoms with Gasteiger partial charge in [-0.05, 0) is 23.3 Å².